The van der Waals surface area contributed by atoms with Crippen LogP contribution in [0.3, 0.4) is 0 Å². The molecular weight excluding hydrogens is 432 g/mol. The summed E-state index contributed by atoms with van der Waals surface area (Å²) in [6, 6.07) is 12.5. The van der Waals surface area contributed by atoms with E-state index in [9.17, 15) is 18.0 Å². The molecule has 1 amide bonds. The molecule has 172 valence electrons. The number of esters is 1. The van der Waals surface area contributed by atoms with Gasteiger partial charge in [-0.15, -0.1) is 0 Å². The summed E-state index contributed by atoms with van der Waals surface area (Å²) in [4.78, 5) is 27.6. The van der Waals surface area contributed by atoms with Gasteiger partial charge in [-0.2, -0.15) is 0 Å². The molecule has 1 fully saturated rings. The second-order valence-electron chi connectivity index (χ2n) is 7.87. The Morgan fingerprint density at radius 3 is 2.28 bits per heavy atom. The van der Waals surface area contributed by atoms with E-state index >= 15 is 0 Å². The molecule has 3 rings (SSSR count). The number of hydrogen-bond donors (Lipinski definition) is 1. The van der Waals surface area contributed by atoms with Crippen LogP contribution >= 0.6 is 0 Å². The number of rotatable bonds is 8. The Hall–Kier alpha value is -2.91. The molecule has 1 heterocycles. The van der Waals surface area contributed by atoms with E-state index in [2.05, 4.69) is 4.72 Å². The van der Waals surface area contributed by atoms with Gasteiger partial charge in [0.1, 0.15) is 10.6 Å². The predicted molar refractivity (Wildman–Crippen MR) is 119 cm³/mol. The normalized spacial score (nSPS) is 14.9. The third-order valence-corrected chi connectivity index (χ3v) is 6.73. The Morgan fingerprint density at radius 2 is 1.69 bits per heavy atom. The van der Waals surface area contributed by atoms with Gasteiger partial charge in [-0.1, -0.05) is 30.3 Å². The number of benzene rings is 2. The van der Waals surface area contributed by atoms with Crippen LogP contribution in [0.5, 0.6) is 5.75 Å². The van der Waals surface area contributed by atoms with Crippen molar-refractivity contribution < 1.29 is 27.5 Å². The fourth-order valence-corrected chi connectivity index (χ4v) is 5.00. The van der Waals surface area contributed by atoms with Gasteiger partial charge in [-0.25, -0.2) is 17.9 Å². The van der Waals surface area contributed by atoms with E-state index in [4.69, 9.17) is 9.47 Å². The molecule has 0 unspecified atom stereocenters. The van der Waals surface area contributed by atoms with Crippen LogP contribution in [0.1, 0.15) is 48.7 Å². The molecule has 8 nitrogen and oxygen atoms in total. The highest BCUT2D eigenvalue weighted by Gasteiger charge is 2.32. The van der Waals surface area contributed by atoms with Gasteiger partial charge in [0, 0.05) is 24.7 Å². The Bertz CT molecular complexity index is 1060. The molecule has 1 N–H and O–H groups in total. The van der Waals surface area contributed by atoms with Crippen molar-refractivity contribution >= 4 is 21.9 Å². The van der Waals surface area contributed by atoms with Crippen LogP contribution < -0.4 is 9.46 Å². The minimum atomic E-state index is -3.93. The summed E-state index contributed by atoms with van der Waals surface area (Å²) in [5, 5.41) is 0. The topological polar surface area (TPSA) is 102 Å². The minimum absolute atomic E-state index is 0.00471. The predicted octanol–water partition coefficient (Wildman–Crippen LogP) is 2.90. The Balaban J connectivity index is 1.92. The van der Waals surface area contributed by atoms with Gasteiger partial charge >= 0.3 is 5.97 Å². The molecule has 1 saturated heterocycles. The number of amides is 1. The van der Waals surface area contributed by atoms with Gasteiger partial charge in [-0.3, -0.25) is 4.79 Å². The third kappa shape index (κ3) is 5.46. The molecule has 0 bridgehead atoms. The molecule has 0 spiro atoms. The van der Waals surface area contributed by atoms with Gasteiger partial charge in [0.25, 0.3) is 5.91 Å². The van der Waals surface area contributed by atoms with E-state index in [1.54, 1.807) is 43.0 Å². The number of likely N-dealkylation sites (tertiary alicyclic amines) is 1. The molecule has 0 aliphatic carbocycles. The fourth-order valence-electron chi connectivity index (χ4n) is 3.55. The van der Waals surface area contributed by atoms with E-state index in [1.807, 2.05) is 6.07 Å². The molecule has 0 saturated carbocycles. The SMILES string of the molecule is COc1ccc(C(=O)O[C@@H](C(=O)N2CCCC2)c2ccccc2)cc1S(=O)(=O)NC(C)C. The first-order chi connectivity index (χ1) is 15.2. The smallest absolute Gasteiger partial charge is 0.339 e. The highest BCUT2D eigenvalue weighted by molar-refractivity contribution is 7.89. The maximum absolute atomic E-state index is 13.1. The summed E-state index contributed by atoms with van der Waals surface area (Å²) < 4.78 is 38.7. The Labute approximate surface area is 188 Å². The second-order valence-corrected chi connectivity index (χ2v) is 9.55. The molecule has 2 aromatic carbocycles. The highest BCUT2D eigenvalue weighted by Crippen LogP contribution is 2.28. The van der Waals surface area contributed by atoms with Crippen molar-refractivity contribution in [2.45, 2.75) is 43.7 Å². The van der Waals surface area contributed by atoms with Gasteiger partial charge < -0.3 is 14.4 Å². The Morgan fingerprint density at radius 1 is 1.03 bits per heavy atom. The Kier molecular flexibility index (Phi) is 7.52. The van der Waals surface area contributed by atoms with E-state index in [0.29, 0.717) is 18.7 Å². The lowest BCUT2D eigenvalue weighted by Crippen LogP contribution is -2.35. The lowest BCUT2D eigenvalue weighted by molar-refractivity contribution is -0.140. The lowest BCUT2D eigenvalue weighted by atomic mass is 10.1. The second kappa shape index (κ2) is 10.1. The standard InChI is InChI=1S/C23H28N2O6S/c1-16(2)24-32(28,29)20-15-18(11-12-19(20)30-3)23(27)31-21(17-9-5-4-6-10-17)22(26)25-13-7-8-14-25/h4-6,9-12,15-16,21,24H,7-8,13-14H2,1-3H3/t21-/m1/s1. The number of carbonyl (C=O) groups is 2. The van der Waals surface area contributed by atoms with E-state index < -0.39 is 22.1 Å². The van der Waals surface area contributed by atoms with Crippen molar-refractivity contribution in [3.05, 3.63) is 59.7 Å². The number of methoxy groups -OCH3 is 1. The van der Waals surface area contributed by atoms with E-state index in [0.717, 1.165) is 12.8 Å². The van der Waals surface area contributed by atoms with Gasteiger partial charge in [0.15, 0.2) is 0 Å². The molecule has 1 atom stereocenters. The number of hydrogen-bond acceptors (Lipinski definition) is 6. The zero-order chi connectivity index (χ0) is 23.3. The summed E-state index contributed by atoms with van der Waals surface area (Å²) in [6.07, 6.45) is 0.700. The fraction of sp³-hybridized carbons (Fsp3) is 0.391. The maximum atomic E-state index is 13.1. The molecule has 9 heteroatoms. The monoisotopic (exact) mass is 460 g/mol. The number of nitrogens with zero attached hydrogens (tertiary/aromatic N) is 1. The van der Waals surface area contributed by atoms with Crippen molar-refractivity contribution in [3.8, 4) is 5.75 Å². The number of nitrogens with one attached hydrogen (secondary N) is 1. The first-order valence-corrected chi connectivity index (χ1v) is 12.0. The van der Waals surface area contributed by atoms with Crippen molar-refractivity contribution in [2.75, 3.05) is 20.2 Å². The zero-order valence-electron chi connectivity index (χ0n) is 18.4. The number of sulfonamides is 1. The van der Waals surface area contributed by atoms with Crippen LogP contribution in [0, 0.1) is 0 Å². The molecule has 1 aliphatic rings. The van der Waals surface area contributed by atoms with Gasteiger partial charge in [-0.05, 0) is 44.9 Å². The summed E-state index contributed by atoms with van der Waals surface area (Å²) in [7, 11) is -2.58. The number of ether oxygens (including phenoxy) is 2. The summed E-state index contributed by atoms with van der Waals surface area (Å²) in [6.45, 7) is 4.62. The number of carbonyl (C=O) groups excluding carboxylic acids is 2. The zero-order valence-corrected chi connectivity index (χ0v) is 19.2. The average Bonchev–Trinajstić information content (AvgIpc) is 3.31. The van der Waals surface area contributed by atoms with Crippen LogP contribution in [0.2, 0.25) is 0 Å². The lowest BCUT2D eigenvalue weighted by Gasteiger charge is -2.23. The van der Waals surface area contributed by atoms with Crippen LogP contribution in [-0.2, 0) is 19.6 Å². The van der Waals surface area contributed by atoms with Crippen molar-refractivity contribution in [1.82, 2.24) is 9.62 Å². The van der Waals surface area contributed by atoms with Gasteiger partial charge in [0.05, 0.1) is 12.7 Å². The highest BCUT2D eigenvalue weighted by atomic mass is 32.2. The summed E-state index contributed by atoms with van der Waals surface area (Å²) in [5.74, 6) is -0.984. The van der Waals surface area contributed by atoms with Crippen molar-refractivity contribution in [3.63, 3.8) is 0 Å². The van der Waals surface area contributed by atoms with Gasteiger partial charge in [0.2, 0.25) is 16.1 Å². The summed E-state index contributed by atoms with van der Waals surface area (Å²) in [5.41, 5.74) is 0.561. The quantitative estimate of drug-likeness (QED) is 0.608. The molecule has 2 aromatic rings. The van der Waals surface area contributed by atoms with Crippen molar-refractivity contribution in [1.29, 1.82) is 0 Å². The first kappa shape index (κ1) is 23.7. The van der Waals surface area contributed by atoms with Crippen LogP contribution in [0.4, 0.5) is 0 Å². The van der Waals surface area contributed by atoms with E-state index in [-0.39, 0.29) is 28.2 Å². The third-order valence-electron chi connectivity index (χ3n) is 5.05. The maximum Gasteiger partial charge on any atom is 0.339 e. The largest absolute Gasteiger partial charge is 0.495 e. The van der Waals surface area contributed by atoms with Crippen LogP contribution in [-0.4, -0.2) is 51.4 Å². The minimum Gasteiger partial charge on any atom is -0.495 e. The van der Waals surface area contributed by atoms with Crippen LogP contribution in [0.25, 0.3) is 0 Å². The average molecular weight is 461 g/mol. The molecule has 0 aromatic heterocycles. The van der Waals surface area contributed by atoms with Crippen LogP contribution in [0.15, 0.2) is 53.4 Å². The molecular formula is C23H28N2O6S. The van der Waals surface area contributed by atoms with Crippen molar-refractivity contribution in [2.24, 2.45) is 0 Å². The molecule has 0 radical (unpaired) electrons. The molecule has 1 aliphatic heterocycles. The summed E-state index contributed by atoms with van der Waals surface area (Å²) >= 11 is 0. The molecule has 32 heavy (non-hydrogen) atoms. The van der Waals surface area contributed by atoms with E-state index in [1.165, 1.54) is 25.3 Å². The first-order valence-electron chi connectivity index (χ1n) is 10.5.